The molecule has 116 valence electrons. The van der Waals surface area contributed by atoms with Gasteiger partial charge < -0.3 is 9.47 Å². The van der Waals surface area contributed by atoms with E-state index >= 15 is 0 Å². The molecule has 0 spiro atoms. The Morgan fingerprint density at radius 3 is 2.87 bits per heavy atom. The molecule has 0 N–H and O–H groups in total. The molecule has 1 aliphatic carbocycles. The number of fused-ring (bicyclic) bond motifs is 2. The van der Waals surface area contributed by atoms with Crippen molar-refractivity contribution in [2.45, 2.75) is 19.3 Å². The summed E-state index contributed by atoms with van der Waals surface area (Å²) in [6.45, 7) is 0.264. The minimum absolute atomic E-state index is 0.264. The van der Waals surface area contributed by atoms with Crippen LogP contribution < -0.4 is 9.47 Å². The molecule has 1 fully saturated rings. The quantitative estimate of drug-likeness (QED) is 0.735. The van der Waals surface area contributed by atoms with E-state index in [0.29, 0.717) is 10.7 Å². The number of benzene rings is 1. The number of aromatic nitrogens is 3. The molecule has 2 aromatic heterocycles. The van der Waals surface area contributed by atoms with Crippen LogP contribution in [0.25, 0.3) is 16.8 Å². The van der Waals surface area contributed by atoms with Gasteiger partial charge in [0.2, 0.25) is 6.79 Å². The van der Waals surface area contributed by atoms with Crippen molar-refractivity contribution in [3.8, 4) is 22.6 Å². The lowest BCUT2D eigenvalue weighted by Crippen LogP contribution is -1.97. The SMILES string of the molecule is Clc1c(-c2ccc3c(c2)OCO3)ccn2c(CC3CC3)nnc12. The van der Waals surface area contributed by atoms with Gasteiger partial charge in [-0.3, -0.25) is 4.40 Å². The molecule has 6 heteroatoms. The minimum Gasteiger partial charge on any atom is -0.454 e. The molecule has 0 radical (unpaired) electrons. The van der Waals surface area contributed by atoms with Crippen molar-refractivity contribution in [1.82, 2.24) is 14.6 Å². The standard InChI is InChI=1S/C17H14ClN3O2/c18-16-12(11-3-4-13-14(8-11)23-9-22-13)5-6-21-15(7-10-1-2-10)19-20-17(16)21/h3-6,8,10H,1-2,7,9H2. The molecule has 5 nitrogen and oxygen atoms in total. The summed E-state index contributed by atoms with van der Waals surface area (Å²) in [6.07, 6.45) is 5.55. The first-order chi connectivity index (χ1) is 11.3. The summed E-state index contributed by atoms with van der Waals surface area (Å²) in [5.41, 5.74) is 2.61. The van der Waals surface area contributed by atoms with E-state index in [1.807, 2.05) is 34.9 Å². The van der Waals surface area contributed by atoms with Crippen molar-refractivity contribution in [1.29, 1.82) is 0 Å². The highest BCUT2D eigenvalue weighted by Crippen LogP contribution is 2.39. The fraction of sp³-hybridized carbons (Fsp3) is 0.294. The molecule has 0 unspecified atom stereocenters. The lowest BCUT2D eigenvalue weighted by molar-refractivity contribution is 0.174. The maximum atomic E-state index is 6.60. The van der Waals surface area contributed by atoms with E-state index in [0.717, 1.165) is 40.8 Å². The Hall–Kier alpha value is -2.27. The number of pyridine rings is 1. The summed E-state index contributed by atoms with van der Waals surface area (Å²) in [5.74, 6) is 3.26. The van der Waals surface area contributed by atoms with Gasteiger partial charge in [0.15, 0.2) is 17.1 Å². The van der Waals surface area contributed by atoms with Gasteiger partial charge in [0.25, 0.3) is 0 Å². The Bertz CT molecular complexity index is 918. The third-order valence-corrected chi connectivity index (χ3v) is 4.81. The normalized spacial score (nSPS) is 16.2. The minimum atomic E-state index is 0.264. The second-order valence-electron chi connectivity index (χ2n) is 6.07. The third kappa shape index (κ3) is 2.15. The van der Waals surface area contributed by atoms with Gasteiger partial charge in [0, 0.05) is 18.2 Å². The highest BCUT2D eigenvalue weighted by Gasteiger charge is 2.25. The largest absolute Gasteiger partial charge is 0.454 e. The van der Waals surface area contributed by atoms with Gasteiger partial charge in [0.1, 0.15) is 5.82 Å². The number of hydrogen-bond acceptors (Lipinski definition) is 4. The molecule has 1 saturated carbocycles. The van der Waals surface area contributed by atoms with E-state index in [-0.39, 0.29) is 6.79 Å². The van der Waals surface area contributed by atoms with Crippen LogP contribution in [-0.4, -0.2) is 21.4 Å². The first-order valence-electron chi connectivity index (χ1n) is 7.72. The summed E-state index contributed by atoms with van der Waals surface area (Å²) in [4.78, 5) is 0. The zero-order chi connectivity index (χ0) is 15.4. The topological polar surface area (TPSA) is 48.7 Å². The maximum Gasteiger partial charge on any atom is 0.231 e. The molecule has 0 amide bonds. The second-order valence-corrected chi connectivity index (χ2v) is 6.45. The molecule has 2 aliphatic rings. The van der Waals surface area contributed by atoms with Crippen LogP contribution in [0, 0.1) is 5.92 Å². The molecule has 0 bridgehead atoms. The lowest BCUT2D eigenvalue weighted by atomic mass is 10.1. The van der Waals surface area contributed by atoms with Gasteiger partial charge in [-0.05, 0) is 42.5 Å². The van der Waals surface area contributed by atoms with Crippen LogP contribution in [0.1, 0.15) is 18.7 Å². The molecule has 5 rings (SSSR count). The molecule has 23 heavy (non-hydrogen) atoms. The van der Waals surface area contributed by atoms with Crippen LogP contribution in [-0.2, 0) is 6.42 Å². The van der Waals surface area contributed by atoms with Crippen molar-refractivity contribution in [3.05, 3.63) is 41.3 Å². The Morgan fingerprint density at radius 1 is 1.13 bits per heavy atom. The average Bonchev–Trinajstić information content (AvgIpc) is 3.09. The molecular formula is C17H14ClN3O2. The molecule has 1 aliphatic heterocycles. The second kappa shape index (κ2) is 4.86. The van der Waals surface area contributed by atoms with Crippen molar-refractivity contribution in [2.75, 3.05) is 6.79 Å². The van der Waals surface area contributed by atoms with Gasteiger partial charge in [-0.2, -0.15) is 0 Å². The zero-order valence-corrected chi connectivity index (χ0v) is 13.1. The number of halogens is 1. The van der Waals surface area contributed by atoms with Crippen LogP contribution in [0.4, 0.5) is 0 Å². The zero-order valence-electron chi connectivity index (χ0n) is 12.3. The molecule has 1 aromatic carbocycles. The summed E-state index contributed by atoms with van der Waals surface area (Å²) >= 11 is 6.60. The summed E-state index contributed by atoms with van der Waals surface area (Å²) in [5, 5.41) is 9.21. The summed E-state index contributed by atoms with van der Waals surface area (Å²) in [6, 6.07) is 7.83. The summed E-state index contributed by atoms with van der Waals surface area (Å²) in [7, 11) is 0. The maximum absolute atomic E-state index is 6.60. The molecular weight excluding hydrogens is 314 g/mol. The van der Waals surface area contributed by atoms with Gasteiger partial charge >= 0.3 is 0 Å². The smallest absolute Gasteiger partial charge is 0.231 e. The van der Waals surface area contributed by atoms with Crippen LogP contribution >= 0.6 is 11.6 Å². The number of nitrogens with zero attached hydrogens (tertiary/aromatic N) is 3. The summed E-state index contributed by atoms with van der Waals surface area (Å²) < 4.78 is 12.8. The van der Waals surface area contributed by atoms with Crippen LogP contribution in [0.5, 0.6) is 11.5 Å². The predicted octanol–water partition coefficient (Wildman–Crippen LogP) is 3.73. The van der Waals surface area contributed by atoms with E-state index in [1.165, 1.54) is 12.8 Å². The molecule has 0 saturated heterocycles. The lowest BCUT2D eigenvalue weighted by Gasteiger charge is -2.07. The van der Waals surface area contributed by atoms with Crippen molar-refractivity contribution >= 4 is 17.2 Å². The average molecular weight is 328 g/mol. The van der Waals surface area contributed by atoms with Crippen LogP contribution in [0.3, 0.4) is 0 Å². The molecule has 0 atom stereocenters. The first kappa shape index (κ1) is 13.2. The predicted molar refractivity (Wildman–Crippen MR) is 86.0 cm³/mol. The van der Waals surface area contributed by atoms with Gasteiger partial charge in [-0.15, -0.1) is 10.2 Å². The molecule has 3 heterocycles. The number of ether oxygens (including phenoxy) is 2. The van der Waals surface area contributed by atoms with Crippen molar-refractivity contribution < 1.29 is 9.47 Å². The number of hydrogen-bond donors (Lipinski definition) is 0. The van der Waals surface area contributed by atoms with E-state index < -0.39 is 0 Å². The Kier molecular flexibility index (Phi) is 2.79. The fourth-order valence-electron chi connectivity index (χ4n) is 2.98. The van der Waals surface area contributed by atoms with Gasteiger partial charge in [-0.25, -0.2) is 0 Å². The van der Waals surface area contributed by atoms with Gasteiger partial charge in [0.05, 0.1) is 5.02 Å². The van der Waals surface area contributed by atoms with Crippen LogP contribution in [0.15, 0.2) is 30.5 Å². The Morgan fingerprint density at radius 2 is 2.00 bits per heavy atom. The third-order valence-electron chi connectivity index (χ3n) is 4.44. The van der Waals surface area contributed by atoms with E-state index in [1.54, 1.807) is 0 Å². The monoisotopic (exact) mass is 327 g/mol. The fourth-order valence-corrected chi connectivity index (χ4v) is 3.28. The highest BCUT2D eigenvalue weighted by molar-refractivity contribution is 6.36. The number of rotatable bonds is 3. The Labute approximate surface area is 137 Å². The van der Waals surface area contributed by atoms with Crippen LogP contribution in [0.2, 0.25) is 5.02 Å². The highest BCUT2D eigenvalue weighted by atomic mass is 35.5. The van der Waals surface area contributed by atoms with Crippen molar-refractivity contribution in [3.63, 3.8) is 0 Å². The molecule has 3 aromatic rings. The van der Waals surface area contributed by atoms with E-state index in [2.05, 4.69) is 10.2 Å². The first-order valence-corrected chi connectivity index (χ1v) is 8.09. The van der Waals surface area contributed by atoms with Crippen molar-refractivity contribution in [2.24, 2.45) is 5.92 Å². The van der Waals surface area contributed by atoms with E-state index in [4.69, 9.17) is 21.1 Å². The Balaban J connectivity index is 1.60. The van der Waals surface area contributed by atoms with Gasteiger partial charge in [-0.1, -0.05) is 17.7 Å². The van der Waals surface area contributed by atoms with E-state index in [9.17, 15) is 0 Å².